The van der Waals surface area contributed by atoms with E-state index < -0.39 is 11.2 Å². The molecule has 0 aliphatic rings. The molecule has 41 valence electrons. The van der Waals surface area contributed by atoms with Crippen LogP contribution in [-0.4, -0.2) is 16.3 Å². The first kappa shape index (κ1) is 6.36. The van der Waals surface area contributed by atoms with Gasteiger partial charge >= 0.3 is 6.23 Å². The summed E-state index contributed by atoms with van der Waals surface area (Å²) in [5, 5.41) is 17.6. The second kappa shape index (κ2) is 2.52. The van der Waals surface area contributed by atoms with E-state index >= 15 is 0 Å². The van der Waals surface area contributed by atoms with Crippen molar-refractivity contribution in [3.8, 4) is 0 Å². The zero-order valence-electron chi connectivity index (χ0n) is 3.70. The minimum atomic E-state index is -1.49. The van der Waals surface area contributed by atoms with Crippen LogP contribution >= 0.6 is 0 Å². The molecule has 1 radical (unpaired) electrons. The molecule has 0 aromatic heterocycles. The van der Waals surface area contributed by atoms with E-state index in [0.29, 0.717) is 0 Å². The van der Waals surface area contributed by atoms with Crippen molar-refractivity contribution in [3.63, 3.8) is 0 Å². The van der Waals surface area contributed by atoms with Gasteiger partial charge in [-0.25, -0.2) is 0 Å². The molecular weight excluding hydrogens is 98.0 g/mol. The topological polar surface area (TPSA) is 63.4 Å². The minimum absolute atomic E-state index is 0.0764. The Morgan fingerprint density at radius 1 is 2.00 bits per heavy atom. The SMILES string of the molecule is [CH2]CC(O)[N+](=O)[O-]. The molecule has 0 aliphatic carbocycles. The molecule has 0 amide bonds. The number of nitrogens with zero attached hydrogens (tertiary/aromatic N) is 1. The molecule has 0 aromatic carbocycles. The van der Waals surface area contributed by atoms with Crippen LogP contribution in [0.1, 0.15) is 6.42 Å². The molecule has 0 aromatic rings. The first-order valence-corrected chi connectivity index (χ1v) is 1.79. The number of hydrogen-bond donors (Lipinski definition) is 1. The fourth-order valence-corrected chi connectivity index (χ4v) is 0.105. The normalized spacial score (nSPS) is 13.4. The average molecular weight is 104 g/mol. The minimum Gasteiger partial charge on any atom is -0.333 e. The highest BCUT2D eigenvalue weighted by Crippen LogP contribution is 1.86. The fraction of sp³-hybridized carbons (Fsp3) is 0.667. The highest BCUT2D eigenvalue weighted by atomic mass is 16.7. The number of rotatable bonds is 2. The molecule has 0 aliphatic heterocycles. The summed E-state index contributed by atoms with van der Waals surface area (Å²) in [6.07, 6.45) is -1.56. The van der Waals surface area contributed by atoms with Crippen molar-refractivity contribution in [2.45, 2.75) is 12.6 Å². The van der Waals surface area contributed by atoms with Crippen LogP contribution in [0.15, 0.2) is 0 Å². The maximum absolute atomic E-state index is 9.45. The molecule has 1 atom stereocenters. The van der Waals surface area contributed by atoms with Crippen LogP contribution in [0.5, 0.6) is 0 Å². The van der Waals surface area contributed by atoms with Crippen molar-refractivity contribution in [1.82, 2.24) is 0 Å². The van der Waals surface area contributed by atoms with Gasteiger partial charge in [0.25, 0.3) is 0 Å². The van der Waals surface area contributed by atoms with Crippen molar-refractivity contribution in [1.29, 1.82) is 0 Å². The smallest absolute Gasteiger partial charge is 0.312 e. The van der Waals surface area contributed by atoms with Gasteiger partial charge < -0.3 is 5.11 Å². The van der Waals surface area contributed by atoms with Crippen LogP contribution in [0.3, 0.4) is 0 Å². The van der Waals surface area contributed by atoms with Crippen LogP contribution < -0.4 is 0 Å². The molecule has 0 heterocycles. The van der Waals surface area contributed by atoms with Gasteiger partial charge in [0.05, 0.1) is 4.92 Å². The summed E-state index contributed by atoms with van der Waals surface area (Å²) in [7, 11) is 0. The van der Waals surface area contributed by atoms with Gasteiger partial charge in [-0.1, -0.05) is 0 Å². The zero-order valence-corrected chi connectivity index (χ0v) is 3.70. The van der Waals surface area contributed by atoms with E-state index in [4.69, 9.17) is 5.11 Å². The molecule has 0 spiro atoms. The summed E-state index contributed by atoms with van der Waals surface area (Å²) in [4.78, 5) is 8.66. The van der Waals surface area contributed by atoms with E-state index in [1.807, 2.05) is 0 Å². The zero-order chi connectivity index (χ0) is 5.86. The first-order chi connectivity index (χ1) is 3.18. The van der Waals surface area contributed by atoms with Crippen molar-refractivity contribution < 1.29 is 10.0 Å². The quantitative estimate of drug-likeness (QED) is 0.300. The van der Waals surface area contributed by atoms with E-state index in [2.05, 4.69) is 6.92 Å². The Labute approximate surface area is 40.9 Å². The lowest BCUT2D eigenvalue weighted by Gasteiger charge is -1.93. The molecule has 0 rings (SSSR count). The Morgan fingerprint density at radius 2 is 2.43 bits per heavy atom. The molecule has 0 saturated heterocycles. The Bertz CT molecular complexity index is 72.6. The predicted molar refractivity (Wildman–Crippen MR) is 23.0 cm³/mol. The monoisotopic (exact) mass is 104 g/mol. The Kier molecular flexibility index (Phi) is 2.29. The molecule has 1 unspecified atom stereocenters. The Morgan fingerprint density at radius 3 is 2.43 bits per heavy atom. The third-order valence-corrected chi connectivity index (χ3v) is 0.502. The molecule has 7 heavy (non-hydrogen) atoms. The van der Waals surface area contributed by atoms with Gasteiger partial charge in [-0.2, -0.15) is 0 Å². The molecule has 4 nitrogen and oxygen atoms in total. The number of aliphatic hydroxyl groups is 1. The van der Waals surface area contributed by atoms with Crippen molar-refractivity contribution in [3.05, 3.63) is 17.0 Å². The van der Waals surface area contributed by atoms with E-state index in [-0.39, 0.29) is 6.42 Å². The largest absolute Gasteiger partial charge is 0.333 e. The third kappa shape index (κ3) is 2.11. The summed E-state index contributed by atoms with van der Waals surface area (Å²) in [6.45, 7) is 3.12. The summed E-state index contributed by atoms with van der Waals surface area (Å²) < 4.78 is 0. The van der Waals surface area contributed by atoms with Crippen molar-refractivity contribution in [2.75, 3.05) is 0 Å². The van der Waals surface area contributed by atoms with E-state index in [9.17, 15) is 10.1 Å². The van der Waals surface area contributed by atoms with Gasteiger partial charge in [-0.05, 0) is 6.92 Å². The predicted octanol–water partition coefficient (Wildman–Crippen LogP) is -0.194. The summed E-state index contributed by atoms with van der Waals surface area (Å²) >= 11 is 0. The van der Waals surface area contributed by atoms with Crippen LogP contribution in [0.4, 0.5) is 0 Å². The maximum Gasteiger partial charge on any atom is 0.312 e. The molecule has 0 saturated carbocycles. The van der Waals surface area contributed by atoms with Crippen molar-refractivity contribution >= 4 is 0 Å². The third-order valence-electron chi connectivity index (χ3n) is 0.502. The summed E-state index contributed by atoms with van der Waals surface area (Å²) in [5.41, 5.74) is 0. The van der Waals surface area contributed by atoms with E-state index in [1.54, 1.807) is 0 Å². The van der Waals surface area contributed by atoms with Gasteiger partial charge in [0, 0.05) is 6.42 Å². The van der Waals surface area contributed by atoms with Gasteiger partial charge in [0.15, 0.2) is 0 Å². The Hall–Kier alpha value is -0.640. The Balaban J connectivity index is 3.34. The number of hydrogen-bond acceptors (Lipinski definition) is 3. The number of aliphatic hydroxyl groups excluding tert-OH is 1. The molecule has 1 N–H and O–H groups in total. The number of nitro groups is 1. The lowest BCUT2D eigenvalue weighted by atomic mass is 10.4. The summed E-state index contributed by atoms with van der Waals surface area (Å²) in [6, 6.07) is 0. The average Bonchev–Trinajstić information content (AvgIpc) is 1.65. The van der Waals surface area contributed by atoms with Crippen LogP contribution in [0, 0.1) is 17.0 Å². The molecule has 4 heteroatoms. The van der Waals surface area contributed by atoms with Crippen LogP contribution in [0.25, 0.3) is 0 Å². The standard InChI is InChI=1S/C3H6NO3/c1-2-3(5)4(6)7/h3,5H,1-2H2. The summed E-state index contributed by atoms with van der Waals surface area (Å²) in [5.74, 6) is 0. The van der Waals surface area contributed by atoms with Crippen LogP contribution in [-0.2, 0) is 0 Å². The lowest BCUT2D eigenvalue weighted by Crippen LogP contribution is -2.16. The first-order valence-electron chi connectivity index (χ1n) is 1.79. The fourth-order valence-electron chi connectivity index (χ4n) is 0.105. The molecular formula is C3H6NO3. The van der Waals surface area contributed by atoms with Gasteiger partial charge in [0.1, 0.15) is 0 Å². The van der Waals surface area contributed by atoms with Gasteiger partial charge in [-0.3, -0.25) is 10.1 Å². The van der Waals surface area contributed by atoms with Crippen LogP contribution in [0.2, 0.25) is 0 Å². The lowest BCUT2D eigenvalue weighted by molar-refractivity contribution is -0.569. The highest BCUT2D eigenvalue weighted by molar-refractivity contribution is 4.39. The van der Waals surface area contributed by atoms with E-state index in [1.165, 1.54) is 0 Å². The second-order valence-electron chi connectivity index (χ2n) is 1.05. The maximum atomic E-state index is 9.45. The van der Waals surface area contributed by atoms with Gasteiger partial charge in [-0.15, -0.1) is 0 Å². The molecule has 0 fully saturated rings. The van der Waals surface area contributed by atoms with E-state index in [0.717, 1.165) is 0 Å². The molecule has 0 bridgehead atoms. The van der Waals surface area contributed by atoms with Crippen molar-refractivity contribution in [2.24, 2.45) is 0 Å². The second-order valence-corrected chi connectivity index (χ2v) is 1.05. The highest BCUT2D eigenvalue weighted by Gasteiger charge is 2.09. The van der Waals surface area contributed by atoms with Gasteiger partial charge in [0.2, 0.25) is 0 Å².